The zero-order valence-corrected chi connectivity index (χ0v) is 13.0. The molecule has 2 heterocycles. The number of ether oxygens (including phenoxy) is 2. The summed E-state index contributed by atoms with van der Waals surface area (Å²) in [6, 6.07) is 4.70. The van der Waals surface area contributed by atoms with Crippen LogP contribution in [0.4, 0.5) is 0 Å². The fourth-order valence-electron chi connectivity index (χ4n) is 5.39. The molecule has 0 amide bonds. The molecule has 4 nitrogen and oxygen atoms in total. The van der Waals surface area contributed by atoms with Crippen LogP contribution in [-0.2, 0) is 11.8 Å². The lowest BCUT2D eigenvalue weighted by atomic mass is 9.53. The Labute approximate surface area is 130 Å². The molecule has 1 unspecified atom stereocenters. The normalized spacial score (nSPS) is 41.0. The van der Waals surface area contributed by atoms with Crippen LogP contribution in [0.1, 0.15) is 17.5 Å². The van der Waals surface area contributed by atoms with Gasteiger partial charge in [-0.2, -0.15) is 0 Å². The van der Waals surface area contributed by atoms with Crippen LogP contribution in [-0.4, -0.2) is 49.0 Å². The molecule has 0 radical (unpaired) electrons. The number of likely N-dealkylation sites (N-methyl/N-ethyl adjacent to an activating group) is 1. The zero-order valence-electron chi connectivity index (χ0n) is 13.0. The molecule has 1 aromatic carbocycles. The number of nitrogens with zero attached hydrogens (tertiary/aromatic N) is 1. The number of rotatable bonds is 1. The van der Waals surface area contributed by atoms with Crippen LogP contribution in [0.5, 0.6) is 11.5 Å². The number of hydrogen-bond acceptors (Lipinski definition) is 4. The summed E-state index contributed by atoms with van der Waals surface area (Å²) >= 11 is 0. The predicted molar refractivity (Wildman–Crippen MR) is 82.5 cm³/mol. The Hall–Kier alpha value is -1.52. The van der Waals surface area contributed by atoms with Gasteiger partial charge in [-0.25, -0.2) is 0 Å². The Bertz CT molecular complexity index is 685. The van der Waals surface area contributed by atoms with Gasteiger partial charge in [0.2, 0.25) is 0 Å². The van der Waals surface area contributed by atoms with E-state index in [1.807, 2.05) is 12.1 Å². The fraction of sp³-hybridized carbons (Fsp3) is 0.556. The van der Waals surface area contributed by atoms with Crippen LogP contribution in [0.2, 0.25) is 0 Å². The second-order valence-corrected chi connectivity index (χ2v) is 7.11. The summed E-state index contributed by atoms with van der Waals surface area (Å²) < 4.78 is 11.8. The Morgan fingerprint density at radius 2 is 2.23 bits per heavy atom. The van der Waals surface area contributed by atoms with Gasteiger partial charge in [0, 0.05) is 22.9 Å². The maximum Gasteiger partial charge on any atom is 0.165 e. The molecular weight excluding hydrogens is 278 g/mol. The highest BCUT2D eigenvalue weighted by atomic mass is 16.5. The third-order valence-electron chi connectivity index (χ3n) is 6.35. The van der Waals surface area contributed by atoms with Crippen molar-refractivity contribution in [3.63, 3.8) is 0 Å². The number of hydrogen-bond donors (Lipinski definition) is 1. The van der Waals surface area contributed by atoms with Crippen LogP contribution in [0.15, 0.2) is 24.3 Å². The maximum atomic E-state index is 10.6. The number of likely N-dealkylation sites (tertiary alicyclic amines) is 1. The van der Waals surface area contributed by atoms with E-state index < -0.39 is 6.10 Å². The Morgan fingerprint density at radius 1 is 1.36 bits per heavy atom. The summed E-state index contributed by atoms with van der Waals surface area (Å²) in [6.45, 7) is 1.05. The first-order valence-corrected chi connectivity index (χ1v) is 8.10. The van der Waals surface area contributed by atoms with Crippen LogP contribution >= 0.6 is 0 Å². The quantitative estimate of drug-likeness (QED) is 0.798. The lowest BCUT2D eigenvalue weighted by Gasteiger charge is -2.56. The van der Waals surface area contributed by atoms with Gasteiger partial charge in [0.1, 0.15) is 12.2 Å². The van der Waals surface area contributed by atoms with Crippen molar-refractivity contribution >= 4 is 0 Å². The molecule has 2 aliphatic heterocycles. The number of aliphatic hydroxyl groups excluding tert-OH is 1. The molecular formula is C18H21NO3. The lowest BCUT2D eigenvalue weighted by Crippen LogP contribution is -2.64. The van der Waals surface area contributed by atoms with Crippen LogP contribution in [0, 0.1) is 5.92 Å². The average molecular weight is 299 g/mol. The van der Waals surface area contributed by atoms with Gasteiger partial charge in [0.15, 0.2) is 11.5 Å². The molecule has 1 aromatic rings. The Morgan fingerprint density at radius 3 is 3.05 bits per heavy atom. The molecule has 5 atom stereocenters. The van der Waals surface area contributed by atoms with E-state index in [-0.39, 0.29) is 11.5 Å². The van der Waals surface area contributed by atoms with Gasteiger partial charge in [0.25, 0.3) is 0 Å². The Balaban J connectivity index is 1.82. The van der Waals surface area contributed by atoms with Crippen molar-refractivity contribution in [1.29, 1.82) is 0 Å². The van der Waals surface area contributed by atoms with Crippen molar-refractivity contribution in [2.24, 2.45) is 5.92 Å². The number of piperidine rings is 1. The maximum absolute atomic E-state index is 10.6. The molecule has 1 fully saturated rings. The van der Waals surface area contributed by atoms with Crippen molar-refractivity contribution in [3.8, 4) is 11.5 Å². The molecule has 0 saturated carbocycles. The number of aliphatic hydroxyl groups is 1. The molecule has 0 aromatic heterocycles. The number of benzene rings is 1. The standard InChI is InChI=1S/C18H21NO3/c1-19-8-7-18-11-4-5-13(20)17(18)22-16-14(21-2)6-3-10(15(16)18)9-12(11)19/h3-6,11-13,17,20H,7-9H2,1-2H3/t11-,12+,13?,17-,18+/m0/s1. The third kappa shape index (κ3) is 1.28. The van der Waals surface area contributed by atoms with Crippen LogP contribution in [0.3, 0.4) is 0 Å². The summed E-state index contributed by atoms with van der Waals surface area (Å²) in [4.78, 5) is 2.47. The van der Waals surface area contributed by atoms with Gasteiger partial charge in [-0.15, -0.1) is 0 Å². The highest BCUT2D eigenvalue weighted by Gasteiger charge is 2.64. The lowest BCUT2D eigenvalue weighted by molar-refractivity contribution is -0.0453. The van der Waals surface area contributed by atoms with Gasteiger partial charge in [0.05, 0.1) is 7.11 Å². The minimum absolute atomic E-state index is 0.0806. The SMILES string of the molecule is COc1ccc2c3c1O[C@H]1C(O)C=C[C@H]4[C@@H](C2)N(C)CC[C@@]314. The summed E-state index contributed by atoms with van der Waals surface area (Å²) in [5.74, 6) is 2.09. The van der Waals surface area contributed by atoms with E-state index in [4.69, 9.17) is 9.47 Å². The van der Waals surface area contributed by atoms with E-state index in [9.17, 15) is 5.11 Å². The molecule has 116 valence electrons. The van der Waals surface area contributed by atoms with Crippen molar-refractivity contribution in [3.05, 3.63) is 35.4 Å². The molecule has 1 N–H and O–H groups in total. The van der Waals surface area contributed by atoms with Crippen molar-refractivity contribution < 1.29 is 14.6 Å². The molecule has 1 spiro atoms. The molecule has 4 aliphatic rings. The molecule has 2 aliphatic carbocycles. The zero-order chi connectivity index (χ0) is 15.1. The van der Waals surface area contributed by atoms with Gasteiger partial charge >= 0.3 is 0 Å². The second-order valence-electron chi connectivity index (χ2n) is 7.11. The van der Waals surface area contributed by atoms with Crippen molar-refractivity contribution in [2.45, 2.75) is 36.5 Å². The molecule has 2 bridgehead atoms. The predicted octanol–water partition coefficient (Wildman–Crippen LogP) is 1.50. The van der Waals surface area contributed by atoms with E-state index in [1.165, 1.54) is 11.1 Å². The third-order valence-corrected chi connectivity index (χ3v) is 6.35. The van der Waals surface area contributed by atoms with E-state index in [0.717, 1.165) is 30.9 Å². The van der Waals surface area contributed by atoms with Crippen LogP contribution in [0.25, 0.3) is 0 Å². The minimum atomic E-state index is -0.539. The summed E-state index contributed by atoms with van der Waals surface area (Å²) in [5.41, 5.74) is 2.60. The second kappa shape index (κ2) is 4.06. The summed E-state index contributed by atoms with van der Waals surface area (Å²) in [7, 11) is 3.91. The largest absolute Gasteiger partial charge is 0.493 e. The van der Waals surface area contributed by atoms with E-state index in [0.29, 0.717) is 12.0 Å². The summed E-state index contributed by atoms with van der Waals surface area (Å²) in [5, 5.41) is 10.6. The number of methoxy groups -OCH3 is 1. The highest BCUT2D eigenvalue weighted by molar-refractivity contribution is 5.62. The Kier molecular flexibility index (Phi) is 2.39. The van der Waals surface area contributed by atoms with Gasteiger partial charge in [-0.05, 0) is 38.1 Å². The van der Waals surface area contributed by atoms with E-state index in [2.05, 4.69) is 24.1 Å². The van der Waals surface area contributed by atoms with Gasteiger partial charge in [-0.1, -0.05) is 18.2 Å². The molecule has 4 heteroatoms. The first-order valence-electron chi connectivity index (χ1n) is 8.10. The fourth-order valence-corrected chi connectivity index (χ4v) is 5.39. The van der Waals surface area contributed by atoms with Crippen LogP contribution < -0.4 is 9.47 Å². The van der Waals surface area contributed by atoms with Gasteiger partial charge < -0.3 is 19.5 Å². The minimum Gasteiger partial charge on any atom is -0.493 e. The smallest absolute Gasteiger partial charge is 0.165 e. The monoisotopic (exact) mass is 299 g/mol. The molecule has 5 rings (SSSR count). The first kappa shape index (κ1) is 13.0. The van der Waals surface area contributed by atoms with Crippen molar-refractivity contribution in [1.82, 2.24) is 4.90 Å². The summed E-state index contributed by atoms with van der Waals surface area (Å²) in [6.07, 6.45) is 5.54. The molecule has 22 heavy (non-hydrogen) atoms. The molecule has 1 saturated heterocycles. The highest BCUT2D eigenvalue weighted by Crippen LogP contribution is 2.62. The van der Waals surface area contributed by atoms with Crippen molar-refractivity contribution in [2.75, 3.05) is 20.7 Å². The van der Waals surface area contributed by atoms with E-state index in [1.54, 1.807) is 7.11 Å². The first-order chi connectivity index (χ1) is 10.7. The average Bonchev–Trinajstić information content (AvgIpc) is 2.88. The van der Waals surface area contributed by atoms with Gasteiger partial charge in [-0.3, -0.25) is 0 Å². The topological polar surface area (TPSA) is 41.9 Å². The van der Waals surface area contributed by atoms with E-state index >= 15 is 0 Å².